The Hall–Kier alpha value is -0.180. The van der Waals surface area contributed by atoms with Crippen LogP contribution in [0.5, 0.6) is 0 Å². The van der Waals surface area contributed by atoms with Gasteiger partial charge in [0.05, 0.1) is 0 Å². The molecule has 1 fully saturated rings. The van der Waals surface area contributed by atoms with Gasteiger partial charge in [0.2, 0.25) is 0 Å². The minimum absolute atomic E-state index is 0.449. The Morgan fingerprint density at radius 1 is 1.29 bits per heavy atom. The Bertz CT molecular complexity index is 306. The highest BCUT2D eigenvalue weighted by molar-refractivity contribution is 7.99. The van der Waals surface area contributed by atoms with E-state index in [0.29, 0.717) is 5.41 Å². The van der Waals surface area contributed by atoms with Crippen molar-refractivity contribution in [3.8, 4) is 0 Å². The van der Waals surface area contributed by atoms with E-state index in [0.717, 1.165) is 17.3 Å². The van der Waals surface area contributed by atoms with Crippen molar-refractivity contribution in [1.82, 2.24) is 0 Å². The predicted molar refractivity (Wildman–Crippen MR) is 62.9 cm³/mol. The van der Waals surface area contributed by atoms with Gasteiger partial charge in [-0.3, -0.25) is 0 Å². The van der Waals surface area contributed by atoms with Gasteiger partial charge in [0, 0.05) is 15.7 Å². The Morgan fingerprint density at radius 3 is 2.43 bits per heavy atom. The van der Waals surface area contributed by atoms with Crippen molar-refractivity contribution in [3.05, 3.63) is 29.3 Å². The first-order valence-corrected chi connectivity index (χ1v) is 6.19. The van der Waals surface area contributed by atoms with Gasteiger partial charge in [0.15, 0.2) is 0 Å². The molecule has 2 rings (SSSR count). The molecule has 0 heterocycles. The normalized spacial score (nSPS) is 18.1. The van der Waals surface area contributed by atoms with E-state index in [1.54, 1.807) is 0 Å². The molecule has 0 spiro atoms. The molecule has 0 radical (unpaired) electrons. The summed E-state index contributed by atoms with van der Waals surface area (Å²) in [5.41, 5.74) is 6.17. The summed E-state index contributed by atoms with van der Waals surface area (Å²) in [5.74, 6) is 1.14. The third-order valence-corrected chi connectivity index (χ3v) is 4.36. The van der Waals surface area contributed by atoms with E-state index in [2.05, 4.69) is 12.1 Å². The first kappa shape index (κ1) is 10.3. The number of rotatable bonds is 4. The van der Waals surface area contributed by atoms with Crippen LogP contribution in [0.15, 0.2) is 29.2 Å². The second-order valence-electron chi connectivity index (χ2n) is 3.95. The van der Waals surface area contributed by atoms with E-state index in [1.807, 2.05) is 23.9 Å². The molecule has 1 nitrogen and oxygen atoms in total. The van der Waals surface area contributed by atoms with Crippen molar-refractivity contribution >= 4 is 23.4 Å². The maximum absolute atomic E-state index is 5.81. The number of hydrogen-bond acceptors (Lipinski definition) is 2. The first-order valence-electron chi connectivity index (χ1n) is 4.83. The topological polar surface area (TPSA) is 26.0 Å². The molecule has 0 saturated heterocycles. The summed E-state index contributed by atoms with van der Waals surface area (Å²) in [6.45, 7) is 0.827. The summed E-state index contributed by atoms with van der Waals surface area (Å²) in [4.78, 5) is 1.29. The van der Waals surface area contributed by atoms with Gasteiger partial charge in [-0.15, -0.1) is 11.8 Å². The smallest absolute Gasteiger partial charge is 0.0406 e. The van der Waals surface area contributed by atoms with Crippen LogP contribution in [0, 0.1) is 5.41 Å². The second-order valence-corrected chi connectivity index (χ2v) is 5.43. The summed E-state index contributed by atoms with van der Waals surface area (Å²) in [6, 6.07) is 8.01. The Balaban J connectivity index is 1.89. The molecule has 1 aliphatic carbocycles. The second kappa shape index (κ2) is 4.13. The van der Waals surface area contributed by atoms with Crippen LogP contribution in [0.3, 0.4) is 0 Å². The average Bonchev–Trinajstić information content (AvgIpc) is 2.98. The van der Waals surface area contributed by atoms with Gasteiger partial charge in [0.1, 0.15) is 0 Å². The van der Waals surface area contributed by atoms with Crippen LogP contribution in [0.4, 0.5) is 0 Å². The van der Waals surface area contributed by atoms with Crippen LogP contribution < -0.4 is 5.73 Å². The maximum atomic E-state index is 5.81. The predicted octanol–water partition coefficient (Wildman–Crippen LogP) is 3.17. The molecule has 0 amide bonds. The van der Waals surface area contributed by atoms with Crippen LogP contribution >= 0.6 is 23.4 Å². The van der Waals surface area contributed by atoms with E-state index in [-0.39, 0.29) is 0 Å². The molecular weight excluding hydrogens is 214 g/mol. The largest absolute Gasteiger partial charge is 0.330 e. The van der Waals surface area contributed by atoms with E-state index in [9.17, 15) is 0 Å². The van der Waals surface area contributed by atoms with Gasteiger partial charge in [-0.2, -0.15) is 0 Å². The number of thioether (sulfide) groups is 1. The summed E-state index contributed by atoms with van der Waals surface area (Å²) in [5, 5.41) is 0.800. The summed E-state index contributed by atoms with van der Waals surface area (Å²) in [7, 11) is 0. The summed E-state index contributed by atoms with van der Waals surface area (Å²) in [6.07, 6.45) is 2.59. The minimum Gasteiger partial charge on any atom is -0.330 e. The number of nitrogens with two attached hydrogens (primary N) is 1. The third-order valence-electron chi connectivity index (χ3n) is 2.75. The maximum Gasteiger partial charge on any atom is 0.0406 e. The third kappa shape index (κ3) is 2.44. The lowest BCUT2D eigenvalue weighted by Gasteiger charge is -2.10. The highest BCUT2D eigenvalue weighted by atomic mass is 35.5. The summed E-state index contributed by atoms with van der Waals surface area (Å²) >= 11 is 7.70. The molecule has 14 heavy (non-hydrogen) atoms. The van der Waals surface area contributed by atoms with Crippen LogP contribution in [0.2, 0.25) is 5.02 Å². The molecule has 76 valence electrons. The van der Waals surface area contributed by atoms with Gasteiger partial charge in [-0.1, -0.05) is 11.6 Å². The molecule has 3 heteroatoms. The standard InChI is InChI=1S/C11H14ClNS/c12-9-1-3-10(4-2-9)14-8-11(7-13)5-6-11/h1-4H,5-8,13H2. The minimum atomic E-state index is 0.449. The fourth-order valence-corrected chi connectivity index (χ4v) is 2.69. The van der Waals surface area contributed by atoms with Crippen molar-refractivity contribution in [3.63, 3.8) is 0 Å². The lowest BCUT2D eigenvalue weighted by atomic mass is 10.1. The van der Waals surface area contributed by atoms with Crippen LogP contribution in [-0.4, -0.2) is 12.3 Å². The van der Waals surface area contributed by atoms with Crippen LogP contribution in [0.1, 0.15) is 12.8 Å². The van der Waals surface area contributed by atoms with Gasteiger partial charge >= 0.3 is 0 Å². The van der Waals surface area contributed by atoms with E-state index < -0.39 is 0 Å². The molecule has 1 saturated carbocycles. The number of benzene rings is 1. The SMILES string of the molecule is NCC1(CSc2ccc(Cl)cc2)CC1. The molecule has 0 bridgehead atoms. The number of halogens is 1. The fourth-order valence-electron chi connectivity index (χ4n) is 1.35. The first-order chi connectivity index (χ1) is 6.74. The molecule has 1 aliphatic rings. The molecule has 1 aromatic carbocycles. The molecule has 0 aromatic heterocycles. The van der Waals surface area contributed by atoms with E-state index in [4.69, 9.17) is 17.3 Å². The van der Waals surface area contributed by atoms with Gasteiger partial charge < -0.3 is 5.73 Å². The van der Waals surface area contributed by atoms with Gasteiger partial charge in [-0.25, -0.2) is 0 Å². The van der Waals surface area contributed by atoms with Crippen LogP contribution in [0.25, 0.3) is 0 Å². The lowest BCUT2D eigenvalue weighted by Crippen LogP contribution is -2.17. The highest BCUT2D eigenvalue weighted by Gasteiger charge is 2.40. The molecule has 0 unspecified atom stereocenters. The molecular formula is C11H14ClNS. The highest BCUT2D eigenvalue weighted by Crippen LogP contribution is 2.48. The zero-order valence-electron chi connectivity index (χ0n) is 8.00. The van der Waals surface area contributed by atoms with Gasteiger partial charge in [0.25, 0.3) is 0 Å². The van der Waals surface area contributed by atoms with Crippen molar-refractivity contribution in [2.75, 3.05) is 12.3 Å². The fraction of sp³-hybridized carbons (Fsp3) is 0.455. The zero-order valence-corrected chi connectivity index (χ0v) is 9.57. The van der Waals surface area contributed by atoms with Crippen LogP contribution in [-0.2, 0) is 0 Å². The zero-order chi connectivity index (χ0) is 10.0. The Labute approximate surface area is 94.0 Å². The quantitative estimate of drug-likeness (QED) is 0.800. The molecule has 0 aliphatic heterocycles. The molecule has 2 N–H and O–H groups in total. The monoisotopic (exact) mass is 227 g/mol. The van der Waals surface area contributed by atoms with Gasteiger partial charge in [-0.05, 0) is 49.1 Å². The van der Waals surface area contributed by atoms with Crippen molar-refractivity contribution in [1.29, 1.82) is 0 Å². The Morgan fingerprint density at radius 2 is 1.93 bits per heavy atom. The van der Waals surface area contributed by atoms with E-state index in [1.165, 1.54) is 17.7 Å². The van der Waals surface area contributed by atoms with Crippen molar-refractivity contribution in [2.24, 2.45) is 11.1 Å². The number of hydrogen-bond donors (Lipinski definition) is 1. The molecule has 1 aromatic rings. The lowest BCUT2D eigenvalue weighted by molar-refractivity contribution is 0.600. The Kier molecular flexibility index (Phi) is 3.05. The summed E-state index contributed by atoms with van der Waals surface area (Å²) < 4.78 is 0. The molecule has 0 atom stereocenters. The van der Waals surface area contributed by atoms with Crippen molar-refractivity contribution < 1.29 is 0 Å². The average molecular weight is 228 g/mol. The van der Waals surface area contributed by atoms with Crippen molar-refractivity contribution in [2.45, 2.75) is 17.7 Å². The van der Waals surface area contributed by atoms with E-state index >= 15 is 0 Å².